The largest absolute Gasteiger partial charge is 0.489 e. The highest BCUT2D eigenvalue weighted by Crippen LogP contribution is 2.30. The Hall–Kier alpha value is -4.59. The molecular formula is C34H29ClN2O4S. The van der Waals surface area contributed by atoms with Crippen LogP contribution in [-0.4, -0.2) is 14.3 Å². The van der Waals surface area contributed by atoms with Gasteiger partial charge >= 0.3 is 0 Å². The first-order valence-electron chi connectivity index (χ1n) is 13.3. The molecule has 5 aromatic carbocycles. The third-order valence-electron chi connectivity index (χ3n) is 6.63. The Bertz CT molecular complexity index is 1760. The number of rotatable bonds is 10. The molecule has 0 aliphatic carbocycles. The van der Waals surface area contributed by atoms with E-state index in [1.807, 2.05) is 37.3 Å². The SMILES string of the molecule is Cc1ccc(S(=O)(=O)N(Cc2ccc(Cl)cc2)c2ccccc2C(=O)Nc2ccc(OCc3ccccc3)cc2)cc1. The second-order valence-corrected chi connectivity index (χ2v) is 12.0. The molecule has 0 saturated heterocycles. The van der Waals surface area contributed by atoms with Crippen LogP contribution < -0.4 is 14.4 Å². The lowest BCUT2D eigenvalue weighted by atomic mass is 10.1. The van der Waals surface area contributed by atoms with Crippen LogP contribution in [0.2, 0.25) is 5.02 Å². The number of carbonyl (C=O) groups is 1. The van der Waals surface area contributed by atoms with Gasteiger partial charge in [0.2, 0.25) is 0 Å². The number of hydrogen-bond acceptors (Lipinski definition) is 4. The molecule has 0 saturated carbocycles. The number of ether oxygens (including phenoxy) is 1. The lowest BCUT2D eigenvalue weighted by molar-refractivity contribution is 0.102. The molecule has 1 amide bonds. The minimum absolute atomic E-state index is 0.00508. The summed E-state index contributed by atoms with van der Waals surface area (Å²) in [6.07, 6.45) is 0. The highest BCUT2D eigenvalue weighted by atomic mass is 35.5. The molecule has 0 bridgehead atoms. The molecule has 0 aliphatic heterocycles. The van der Waals surface area contributed by atoms with Crippen LogP contribution in [0.1, 0.15) is 27.0 Å². The lowest BCUT2D eigenvalue weighted by Gasteiger charge is -2.27. The zero-order chi connectivity index (χ0) is 29.5. The van der Waals surface area contributed by atoms with Crippen LogP contribution in [0.15, 0.2) is 132 Å². The third kappa shape index (κ3) is 7.00. The van der Waals surface area contributed by atoms with Crippen LogP contribution in [0.4, 0.5) is 11.4 Å². The van der Waals surface area contributed by atoms with Gasteiger partial charge in [0.25, 0.3) is 15.9 Å². The standard InChI is InChI=1S/C34H29ClN2O4S/c1-25-11-21-31(22-12-25)42(39,40)37(23-26-13-15-28(35)16-14-26)33-10-6-5-9-32(33)34(38)36-29-17-19-30(20-18-29)41-24-27-7-3-2-4-8-27/h2-22H,23-24H2,1H3,(H,36,38). The summed E-state index contributed by atoms with van der Waals surface area (Å²) >= 11 is 6.07. The van der Waals surface area contributed by atoms with Gasteiger partial charge in [0, 0.05) is 10.7 Å². The van der Waals surface area contributed by atoms with Gasteiger partial charge in [0.15, 0.2) is 0 Å². The van der Waals surface area contributed by atoms with Crippen LogP contribution in [-0.2, 0) is 23.2 Å². The summed E-state index contributed by atoms with van der Waals surface area (Å²) in [7, 11) is -4.04. The van der Waals surface area contributed by atoms with Crippen molar-refractivity contribution in [2.45, 2.75) is 25.0 Å². The zero-order valence-electron chi connectivity index (χ0n) is 22.9. The Labute approximate surface area is 251 Å². The van der Waals surface area contributed by atoms with E-state index in [0.717, 1.165) is 16.7 Å². The number of sulfonamides is 1. The molecule has 0 fully saturated rings. The van der Waals surface area contributed by atoms with E-state index in [-0.39, 0.29) is 22.7 Å². The monoisotopic (exact) mass is 596 g/mol. The van der Waals surface area contributed by atoms with E-state index in [4.69, 9.17) is 16.3 Å². The molecular weight excluding hydrogens is 568 g/mol. The second-order valence-electron chi connectivity index (χ2n) is 9.72. The number of amides is 1. The van der Waals surface area contributed by atoms with Crippen molar-refractivity contribution in [3.8, 4) is 5.75 Å². The Morgan fingerprint density at radius 2 is 1.40 bits per heavy atom. The summed E-state index contributed by atoms with van der Waals surface area (Å²) in [5.41, 5.74) is 3.73. The van der Waals surface area contributed by atoms with Gasteiger partial charge in [0.1, 0.15) is 12.4 Å². The van der Waals surface area contributed by atoms with Crippen molar-refractivity contribution in [2.24, 2.45) is 0 Å². The maximum Gasteiger partial charge on any atom is 0.264 e. The molecule has 0 aromatic heterocycles. The molecule has 8 heteroatoms. The van der Waals surface area contributed by atoms with Gasteiger partial charge in [-0.1, -0.05) is 83.9 Å². The molecule has 42 heavy (non-hydrogen) atoms. The number of hydrogen-bond donors (Lipinski definition) is 1. The average molecular weight is 597 g/mol. The summed E-state index contributed by atoms with van der Waals surface area (Å²) < 4.78 is 35.1. The van der Waals surface area contributed by atoms with Crippen LogP contribution >= 0.6 is 11.6 Å². The van der Waals surface area contributed by atoms with Crippen LogP contribution in [0.3, 0.4) is 0 Å². The van der Waals surface area contributed by atoms with Crippen molar-refractivity contribution in [1.82, 2.24) is 0 Å². The fraction of sp³-hybridized carbons (Fsp3) is 0.0882. The summed E-state index contributed by atoms with van der Waals surface area (Å²) in [6.45, 7) is 2.33. The maximum absolute atomic E-state index is 14.0. The van der Waals surface area contributed by atoms with Gasteiger partial charge in [0.05, 0.1) is 22.7 Å². The van der Waals surface area contributed by atoms with Gasteiger partial charge in [-0.15, -0.1) is 0 Å². The highest BCUT2D eigenvalue weighted by molar-refractivity contribution is 7.92. The lowest BCUT2D eigenvalue weighted by Crippen LogP contribution is -2.32. The first-order valence-corrected chi connectivity index (χ1v) is 15.1. The molecule has 5 rings (SSSR count). The van der Waals surface area contributed by atoms with E-state index >= 15 is 0 Å². The number of carbonyl (C=O) groups excluding carboxylic acids is 1. The van der Waals surface area contributed by atoms with E-state index in [1.54, 1.807) is 97.1 Å². The predicted octanol–water partition coefficient (Wildman–Crippen LogP) is 7.88. The molecule has 0 heterocycles. The van der Waals surface area contributed by atoms with Gasteiger partial charge in [-0.2, -0.15) is 0 Å². The number of halogens is 1. The summed E-state index contributed by atoms with van der Waals surface area (Å²) in [6, 6.07) is 37.1. The third-order valence-corrected chi connectivity index (χ3v) is 8.65. The minimum Gasteiger partial charge on any atom is -0.489 e. The first-order chi connectivity index (χ1) is 20.3. The van der Waals surface area contributed by atoms with E-state index in [2.05, 4.69) is 5.32 Å². The van der Waals surface area contributed by atoms with Crippen molar-refractivity contribution in [2.75, 3.05) is 9.62 Å². The molecule has 6 nitrogen and oxygen atoms in total. The highest BCUT2D eigenvalue weighted by Gasteiger charge is 2.28. The van der Waals surface area contributed by atoms with E-state index < -0.39 is 15.9 Å². The number of para-hydroxylation sites is 1. The molecule has 0 unspecified atom stereocenters. The summed E-state index contributed by atoms with van der Waals surface area (Å²) in [5, 5.41) is 3.44. The van der Waals surface area contributed by atoms with Crippen LogP contribution in [0, 0.1) is 6.92 Å². The Balaban J connectivity index is 1.41. The predicted molar refractivity (Wildman–Crippen MR) is 168 cm³/mol. The maximum atomic E-state index is 14.0. The van der Waals surface area contributed by atoms with E-state index in [9.17, 15) is 13.2 Å². The number of nitrogens with zero attached hydrogens (tertiary/aromatic N) is 1. The number of anilines is 2. The summed E-state index contributed by atoms with van der Waals surface area (Å²) in [4.78, 5) is 13.7. The van der Waals surface area contributed by atoms with Crippen molar-refractivity contribution < 1.29 is 17.9 Å². The topological polar surface area (TPSA) is 75.7 Å². The smallest absolute Gasteiger partial charge is 0.264 e. The fourth-order valence-corrected chi connectivity index (χ4v) is 5.95. The van der Waals surface area contributed by atoms with Crippen molar-refractivity contribution in [3.63, 3.8) is 0 Å². The first kappa shape index (κ1) is 28.9. The molecule has 1 N–H and O–H groups in total. The molecule has 0 atom stereocenters. The molecule has 212 valence electrons. The molecule has 0 spiro atoms. The minimum atomic E-state index is -4.04. The van der Waals surface area contributed by atoms with E-state index in [0.29, 0.717) is 23.1 Å². The van der Waals surface area contributed by atoms with Gasteiger partial charge < -0.3 is 10.1 Å². The van der Waals surface area contributed by atoms with Crippen molar-refractivity contribution >= 4 is 38.9 Å². The van der Waals surface area contributed by atoms with Gasteiger partial charge in [-0.25, -0.2) is 8.42 Å². The second kappa shape index (κ2) is 12.9. The quantitative estimate of drug-likeness (QED) is 0.178. The molecule has 0 aliphatic rings. The fourth-order valence-electron chi connectivity index (χ4n) is 4.35. The Morgan fingerprint density at radius 1 is 0.762 bits per heavy atom. The number of benzene rings is 5. The van der Waals surface area contributed by atoms with E-state index in [1.165, 1.54) is 4.31 Å². The van der Waals surface area contributed by atoms with Crippen LogP contribution in [0.25, 0.3) is 0 Å². The Kier molecular flexibility index (Phi) is 8.91. The van der Waals surface area contributed by atoms with Gasteiger partial charge in [-0.05, 0) is 78.7 Å². The van der Waals surface area contributed by atoms with Crippen LogP contribution in [0.5, 0.6) is 5.75 Å². The molecule has 5 aromatic rings. The normalized spacial score (nSPS) is 11.1. The average Bonchev–Trinajstić information content (AvgIpc) is 3.01. The number of aryl methyl sites for hydroxylation is 1. The van der Waals surface area contributed by atoms with Crippen molar-refractivity contribution in [3.05, 3.63) is 155 Å². The zero-order valence-corrected chi connectivity index (χ0v) is 24.5. The summed E-state index contributed by atoms with van der Waals surface area (Å²) in [5.74, 6) is 0.222. The number of nitrogens with one attached hydrogen (secondary N) is 1. The molecule has 0 radical (unpaired) electrons. The van der Waals surface area contributed by atoms with Crippen molar-refractivity contribution in [1.29, 1.82) is 0 Å². The Morgan fingerprint density at radius 3 is 2.10 bits per heavy atom. The van der Waals surface area contributed by atoms with Gasteiger partial charge in [-0.3, -0.25) is 9.10 Å².